The molecule has 2 heterocycles. The predicted molar refractivity (Wildman–Crippen MR) is 104 cm³/mol. The number of ketones is 1. The van der Waals surface area contributed by atoms with Gasteiger partial charge in [-0.05, 0) is 29.1 Å². The van der Waals surface area contributed by atoms with Crippen LogP contribution >= 0.6 is 34.3 Å². The average molecular weight is 390 g/mol. The molecule has 0 saturated carbocycles. The Labute approximate surface area is 159 Å². The van der Waals surface area contributed by atoms with E-state index in [2.05, 4.69) is 5.32 Å². The van der Waals surface area contributed by atoms with E-state index < -0.39 is 0 Å². The van der Waals surface area contributed by atoms with E-state index in [-0.39, 0.29) is 30.6 Å². The van der Waals surface area contributed by atoms with Gasteiger partial charge in [-0.1, -0.05) is 48.0 Å². The number of halogens is 1. The van der Waals surface area contributed by atoms with Gasteiger partial charge in [0.15, 0.2) is 5.78 Å². The maximum atomic E-state index is 12.4. The molecule has 0 fully saturated rings. The Morgan fingerprint density at radius 3 is 2.44 bits per heavy atom. The summed E-state index contributed by atoms with van der Waals surface area (Å²) >= 11 is 8.69. The van der Waals surface area contributed by atoms with Crippen molar-refractivity contribution in [3.8, 4) is 0 Å². The molecule has 3 aromatic rings. The highest BCUT2D eigenvalue weighted by molar-refractivity contribution is 7.18. The van der Waals surface area contributed by atoms with Gasteiger partial charge in [0.25, 0.3) is 0 Å². The number of carbonyl (C=O) groups excluding carboxylic acids is 2. The molecule has 1 aromatic carbocycles. The highest BCUT2D eigenvalue weighted by Gasteiger charge is 2.18. The maximum absolute atomic E-state index is 12.4. The number of nitrogens with one attached hydrogen (secondary N) is 1. The van der Waals surface area contributed by atoms with Gasteiger partial charge in [0.2, 0.25) is 5.91 Å². The summed E-state index contributed by atoms with van der Waals surface area (Å²) in [6.07, 6.45) is 0.331. The van der Waals surface area contributed by atoms with Crippen molar-refractivity contribution in [1.82, 2.24) is 5.32 Å². The Hall–Kier alpha value is -1.95. The summed E-state index contributed by atoms with van der Waals surface area (Å²) in [5.74, 6) is -0.197. The molecule has 2 aromatic heterocycles. The number of hydrogen-bond donors (Lipinski definition) is 1. The molecule has 1 amide bonds. The standard InChI is InChI=1S/C19H16ClNO2S2/c20-17-10-9-15(25-17)14(22)8-11-18(23)21-19(16-7-4-12-24-16)13-5-2-1-3-6-13/h1-7,9-10,12,19H,8,11H2,(H,21,23). The van der Waals surface area contributed by atoms with Crippen molar-refractivity contribution >= 4 is 46.0 Å². The summed E-state index contributed by atoms with van der Waals surface area (Å²) in [5, 5.41) is 5.03. The fourth-order valence-electron chi connectivity index (χ4n) is 2.47. The minimum Gasteiger partial charge on any atom is -0.344 e. The van der Waals surface area contributed by atoms with E-state index in [4.69, 9.17) is 11.6 Å². The molecule has 0 spiro atoms. The lowest BCUT2D eigenvalue weighted by Crippen LogP contribution is -2.29. The monoisotopic (exact) mass is 389 g/mol. The quantitative estimate of drug-likeness (QED) is 0.555. The Balaban J connectivity index is 1.64. The van der Waals surface area contributed by atoms with Gasteiger partial charge in [0, 0.05) is 17.7 Å². The van der Waals surface area contributed by atoms with Crippen LogP contribution in [-0.4, -0.2) is 11.7 Å². The lowest BCUT2D eigenvalue weighted by atomic mass is 10.0. The second-order valence-electron chi connectivity index (χ2n) is 5.45. The largest absolute Gasteiger partial charge is 0.344 e. The van der Waals surface area contributed by atoms with Crippen LogP contribution in [0.5, 0.6) is 0 Å². The van der Waals surface area contributed by atoms with Crippen molar-refractivity contribution in [2.24, 2.45) is 0 Å². The normalized spacial score (nSPS) is 11.9. The van der Waals surface area contributed by atoms with Crippen molar-refractivity contribution in [2.75, 3.05) is 0 Å². The van der Waals surface area contributed by atoms with E-state index in [0.717, 1.165) is 10.4 Å². The predicted octanol–water partition coefficient (Wildman–Crippen LogP) is 5.33. The minimum absolute atomic E-state index is 0.0561. The third kappa shape index (κ3) is 4.78. The van der Waals surface area contributed by atoms with Crippen LogP contribution in [0.1, 0.15) is 39.0 Å². The van der Waals surface area contributed by atoms with Gasteiger partial charge >= 0.3 is 0 Å². The smallest absolute Gasteiger partial charge is 0.221 e. The molecule has 128 valence electrons. The molecule has 0 aliphatic rings. The number of thiophene rings is 2. The number of benzene rings is 1. The zero-order valence-corrected chi connectivity index (χ0v) is 15.7. The third-order valence-electron chi connectivity index (χ3n) is 3.69. The topological polar surface area (TPSA) is 46.2 Å². The molecule has 25 heavy (non-hydrogen) atoms. The van der Waals surface area contributed by atoms with Crippen LogP contribution in [0.15, 0.2) is 60.0 Å². The van der Waals surface area contributed by atoms with Crippen LogP contribution in [0.3, 0.4) is 0 Å². The fraction of sp³-hybridized carbons (Fsp3) is 0.158. The van der Waals surface area contributed by atoms with Crippen LogP contribution in [0.25, 0.3) is 0 Å². The SMILES string of the molecule is O=C(CCC(=O)c1ccc(Cl)s1)NC(c1ccccc1)c1cccs1. The Bertz CT molecular complexity index is 843. The highest BCUT2D eigenvalue weighted by Crippen LogP contribution is 2.26. The first-order valence-electron chi connectivity index (χ1n) is 7.80. The van der Waals surface area contributed by atoms with Crippen LogP contribution in [0.4, 0.5) is 0 Å². The van der Waals surface area contributed by atoms with Crippen molar-refractivity contribution in [3.63, 3.8) is 0 Å². The Kier molecular flexibility index (Phi) is 6.02. The van der Waals surface area contributed by atoms with Crippen molar-refractivity contribution < 1.29 is 9.59 Å². The van der Waals surface area contributed by atoms with E-state index in [1.807, 2.05) is 47.8 Å². The Morgan fingerprint density at radius 2 is 1.80 bits per heavy atom. The van der Waals surface area contributed by atoms with E-state index in [1.165, 1.54) is 11.3 Å². The first-order chi connectivity index (χ1) is 12.1. The molecular weight excluding hydrogens is 374 g/mol. The maximum Gasteiger partial charge on any atom is 0.221 e. The van der Waals surface area contributed by atoms with Gasteiger partial charge in [-0.3, -0.25) is 9.59 Å². The van der Waals surface area contributed by atoms with E-state index >= 15 is 0 Å². The van der Waals surface area contributed by atoms with Crippen LogP contribution in [0, 0.1) is 0 Å². The molecule has 0 saturated heterocycles. The van der Waals surface area contributed by atoms with Gasteiger partial charge < -0.3 is 5.32 Å². The van der Waals surface area contributed by atoms with E-state index in [9.17, 15) is 9.59 Å². The molecule has 1 atom stereocenters. The molecule has 3 nitrogen and oxygen atoms in total. The lowest BCUT2D eigenvalue weighted by Gasteiger charge is -2.18. The number of hydrogen-bond acceptors (Lipinski definition) is 4. The molecule has 1 unspecified atom stereocenters. The number of rotatable bonds is 7. The van der Waals surface area contributed by atoms with Crippen molar-refractivity contribution in [2.45, 2.75) is 18.9 Å². The molecule has 0 bridgehead atoms. The first kappa shape index (κ1) is 17.9. The summed E-state index contributed by atoms with van der Waals surface area (Å²) < 4.78 is 0.578. The molecule has 1 N–H and O–H groups in total. The molecule has 3 rings (SSSR count). The first-order valence-corrected chi connectivity index (χ1v) is 9.87. The second kappa shape index (κ2) is 8.43. The van der Waals surface area contributed by atoms with Crippen molar-refractivity contribution in [1.29, 1.82) is 0 Å². The summed E-state index contributed by atoms with van der Waals surface area (Å²) in [6, 6.07) is 17.0. The minimum atomic E-state index is -0.194. The summed E-state index contributed by atoms with van der Waals surface area (Å²) in [4.78, 5) is 26.2. The summed E-state index contributed by atoms with van der Waals surface area (Å²) in [6.45, 7) is 0. The number of carbonyl (C=O) groups is 2. The van der Waals surface area contributed by atoms with E-state index in [1.54, 1.807) is 23.5 Å². The summed E-state index contributed by atoms with van der Waals surface area (Å²) in [7, 11) is 0. The number of Topliss-reactive ketones (excluding diaryl/α,β-unsaturated/α-hetero) is 1. The average Bonchev–Trinajstić information content (AvgIpc) is 3.30. The molecule has 6 heteroatoms. The highest BCUT2D eigenvalue weighted by atomic mass is 35.5. The molecular formula is C19H16ClNO2S2. The van der Waals surface area contributed by atoms with E-state index in [0.29, 0.717) is 9.21 Å². The molecule has 0 radical (unpaired) electrons. The molecule has 0 aliphatic carbocycles. The van der Waals surface area contributed by atoms with Gasteiger partial charge in [-0.25, -0.2) is 0 Å². The van der Waals surface area contributed by atoms with Gasteiger partial charge in [-0.15, -0.1) is 22.7 Å². The summed E-state index contributed by atoms with van der Waals surface area (Å²) in [5.41, 5.74) is 1.02. The van der Waals surface area contributed by atoms with Crippen LogP contribution in [-0.2, 0) is 4.79 Å². The van der Waals surface area contributed by atoms with Crippen LogP contribution < -0.4 is 5.32 Å². The zero-order chi connectivity index (χ0) is 17.6. The van der Waals surface area contributed by atoms with Crippen molar-refractivity contribution in [3.05, 3.63) is 79.6 Å². The fourth-order valence-corrected chi connectivity index (χ4v) is 4.28. The van der Waals surface area contributed by atoms with Gasteiger partial charge in [-0.2, -0.15) is 0 Å². The van der Waals surface area contributed by atoms with Crippen LogP contribution in [0.2, 0.25) is 4.34 Å². The number of amides is 1. The third-order valence-corrected chi connectivity index (χ3v) is 5.90. The Morgan fingerprint density at radius 1 is 1.00 bits per heavy atom. The van der Waals surface area contributed by atoms with Gasteiger partial charge in [0.1, 0.15) is 0 Å². The van der Waals surface area contributed by atoms with Gasteiger partial charge in [0.05, 0.1) is 15.3 Å². The second-order valence-corrected chi connectivity index (χ2v) is 8.15. The lowest BCUT2D eigenvalue weighted by molar-refractivity contribution is -0.121. The molecule has 0 aliphatic heterocycles. The zero-order valence-electron chi connectivity index (χ0n) is 13.3.